The maximum Gasteiger partial charge on any atom is 0.0912 e. The molecule has 0 aromatic rings. The molecule has 1 fully saturated rings. The molecule has 0 saturated heterocycles. The highest BCUT2D eigenvalue weighted by Crippen LogP contribution is 2.52. The normalized spacial score (nSPS) is 44.5. The first-order chi connectivity index (χ1) is 6.22. The molecule has 0 aromatic carbocycles. The Bertz CT molecular complexity index is 221. The average molecular weight is 180 g/mol. The molecule has 0 unspecified atom stereocenters. The van der Waals surface area contributed by atoms with Crippen LogP contribution in [0.15, 0.2) is 12.2 Å². The van der Waals surface area contributed by atoms with Gasteiger partial charge in [0.25, 0.3) is 0 Å². The van der Waals surface area contributed by atoms with E-state index in [1.165, 1.54) is 38.5 Å². The number of ether oxygens (including phenoxy) is 1. The Morgan fingerprint density at radius 2 is 1.92 bits per heavy atom. The van der Waals surface area contributed by atoms with Gasteiger partial charge in [-0.1, -0.05) is 31.9 Å². The van der Waals surface area contributed by atoms with Crippen LogP contribution < -0.4 is 0 Å². The zero-order valence-corrected chi connectivity index (χ0v) is 8.81. The van der Waals surface area contributed by atoms with Crippen molar-refractivity contribution < 1.29 is 4.74 Å². The van der Waals surface area contributed by atoms with Gasteiger partial charge < -0.3 is 4.74 Å². The molecule has 1 saturated carbocycles. The maximum atomic E-state index is 5.80. The molecular weight excluding hydrogens is 160 g/mol. The summed E-state index contributed by atoms with van der Waals surface area (Å²) in [5.41, 5.74) is 0.484. The minimum absolute atomic E-state index is 0.0729. The summed E-state index contributed by atoms with van der Waals surface area (Å²) in [7, 11) is 1.87. The van der Waals surface area contributed by atoms with Crippen LogP contribution in [0.3, 0.4) is 0 Å². The first-order valence-corrected chi connectivity index (χ1v) is 5.45. The standard InChI is InChI=1S/C12H20O/c1-11-7-3-5-9-12(11,13-2)10-6-4-8-11/h5,9H,3-4,6-8,10H2,1-2H3/t11-,12-/m1/s1. The Kier molecular flexibility index (Phi) is 2.23. The van der Waals surface area contributed by atoms with Crippen molar-refractivity contribution in [2.45, 2.75) is 51.0 Å². The summed E-state index contributed by atoms with van der Waals surface area (Å²) in [4.78, 5) is 0. The highest BCUT2D eigenvalue weighted by molar-refractivity contribution is 5.16. The van der Waals surface area contributed by atoms with Crippen LogP contribution in [0.2, 0.25) is 0 Å². The van der Waals surface area contributed by atoms with Crippen LogP contribution in [0.1, 0.15) is 45.4 Å². The van der Waals surface area contributed by atoms with Crippen LogP contribution in [0, 0.1) is 5.41 Å². The van der Waals surface area contributed by atoms with Crippen LogP contribution in [0.25, 0.3) is 0 Å². The number of rotatable bonds is 1. The van der Waals surface area contributed by atoms with Crippen molar-refractivity contribution in [1.82, 2.24) is 0 Å². The van der Waals surface area contributed by atoms with Crippen LogP contribution in [0.5, 0.6) is 0 Å². The van der Waals surface area contributed by atoms with Crippen molar-refractivity contribution in [3.63, 3.8) is 0 Å². The lowest BCUT2D eigenvalue weighted by atomic mass is 9.60. The highest BCUT2D eigenvalue weighted by Gasteiger charge is 2.48. The summed E-state index contributed by atoms with van der Waals surface area (Å²) < 4.78 is 5.80. The number of hydrogen-bond donors (Lipinski definition) is 0. The number of methoxy groups -OCH3 is 1. The van der Waals surface area contributed by atoms with Crippen molar-refractivity contribution in [2.75, 3.05) is 7.11 Å². The fourth-order valence-corrected chi connectivity index (χ4v) is 3.13. The van der Waals surface area contributed by atoms with Gasteiger partial charge >= 0.3 is 0 Å². The second-order valence-corrected chi connectivity index (χ2v) is 4.80. The fraction of sp³-hybridized carbons (Fsp3) is 0.833. The van der Waals surface area contributed by atoms with Gasteiger partial charge in [0.2, 0.25) is 0 Å². The zero-order valence-electron chi connectivity index (χ0n) is 8.81. The monoisotopic (exact) mass is 180 g/mol. The van der Waals surface area contributed by atoms with Gasteiger partial charge in [0.1, 0.15) is 0 Å². The van der Waals surface area contributed by atoms with Crippen molar-refractivity contribution >= 4 is 0 Å². The smallest absolute Gasteiger partial charge is 0.0912 e. The van der Waals surface area contributed by atoms with Crippen LogP contribution >= 0.6 is 0 Å². The maximum absolute atomic E-state index is 5.80. The molecule has 0 radical (unpaired) electrons. The molecule has 0 aliphatic heterocycles. The number of allylic oxidation sites excluding steroid dienone is 1. The van der Waals surface area contributed by atoms with E-state index in [4.69, 9.17) is 4.74 Å². The molecule has 0 bridgehead atoms. The van der Waals surface area contributed by atoms with Crippen molar-refractivity contribution in [3.8, 4) is 0 Å². The number of fused-ring (bicyclic) bond motifs is 1. The van der Waals surface area contributed by atoms with Crippen molar-refractivity contribution in [2.24, 2.45) is 5.41 Å². The van der Waals surface area contributed by atoms with Crippen LogP contribution in [0.4, 0.5) is 0 Å². The van der Waals surface area contributed by atoms with Gasteiger partial charge in [0.15, 0.2) is 0 Å². The molecule has 0 N–H and O–H groups in total. The molecule has 2 aliphatic carbocycles. The van der Waals surface area contributed by atoms with Crippen molar-refractivity contribution in [1.29, 1.82) is 0 Å². The van der Waals surface area contributed by atoms with Gasteiger partial charge in [-0.25, -0.2) is 0 Å². The second kappa shape index (κ2) is 3.13. The summed E-state index contributed by atoms with van der Waals surface area (Å²) >= 11 is 0. The summed E-state index contributed by atoms with van der Waals surface area (Å²) in [6.45, 7) is 2.40. The Balaban J connectivity index is 2.33. The Morgan fingerprint density at radius 3 is 2.62 bits per heavy atom. The predicted octanol–water partition coefficient (Wildman–Crippen LogP) is 3.30. The molecule has 0 aromatic heterocycles. The third-order valence-corrected chi connectivity index (χ3v) is 4.16. The van der Waals surface area contributed by atoms with E-state index in [9.17, 15) is 0 Å². The van der Waals surface area contributed by atoms with E-state index in [2.05, 4.69) is 19.1 Å². The van der Waals surface area contributed by atoms with Gasteiger partial charge in [0, 0.05) is 12.5 Å². The average Bonchev–Trinajstić information content (AvgIpc) is 2.17. The third-order valence-electron chi connectivity index (χ3n) is 4.16. The summed E-state index contributed by atoms with van der Waals surface area (Å²) in [5, 5.41) is 0. The van der Waals surface area contributed by atoms with E-state index in [0.29, 0.717) is 5.41 Å². The molecule has 2 aliphatic rings. The van der Waals surface area contributed by atoms with E-state index in [1.807, 2.05) is 7.11 Å². The fourth-order valence-electron chi connectivity index (χ4n) is 3.13. The molecule has 0 spiro atoms. The Morgan fingerprint density at radius 1 is 1.15 bits per heavy atom. The summed E-state index contributed by atoms with van der Waals surface area (Å²) in [6.07, 6.45) is 12.4. The summed E-state index contributed by atoms with van der Waals surface area (Å²) in [5.74, 6) is 0. The lowest BCUT2D eigenvalue weighted by Gasteiger charge is -2.51. The molecule has 0 amide bonds. The lowest BCUT2D eigenvalue weighted by Crippen LogP contribution is -2.50. The second-order valence-electron chi connectivity index (χ2n) is 4.80. The SMILES string of the molecule is CO[C@@]12C=CCC[C@]1(C)CCCC2. The Labute approximate surface area is 81.2 Å². The molecular formula is C12H20O. The predicted molar refractivity (Wildman–Crippen MR) is 54.7 cm³/mol. The molecule has 13 heavy (non-hydrogen) atoms. The molecule has 1 nitrogen and oxygen atoms in total. The topological polar surface area (TPSA) is 9.23 Å². The van der Waals surface area contributed by atoms with E-state index in [-0.39, 0.29) is 5.60 Å². The number of hydrogen-bond acceptors (Lipinski definition) is 1. The molecule has 0 heterocycles. The molecule has 2 atom stereocenters. The molecule has 2 rings (SSSR count). The quantitative estimate of drug-likeness (QED) is 0.563. The minimum atomic E-state index is 0.0729. The zero-order chi connectivity index (χ0) is 9.36. The summed E-state index contributed by atoms with van der Waals surface area (Å²) in [6, 6.07) is 0. The molecule has 74 valence electrons. The minimum Gasteiger partial charge on any atom is -0.374 e. The van der Waals surface area contributed by atoms with E-state index < -0.39 is 0 Å². The van der Waals surface area contributed by atoms with Gasteiger partial charge in [-0.2, -0.15) is 0 Å². The van der Waals surface area contributed by atoms with Crippen molar-refractivity contribution in [3.05, 3.63) is 12.2 Å². The third kappa shape index (κ3) is 1.25. The first-order valence-electron chi connectivity index (χ1n) is 5.45. The van der Waals surface area contributed by atoms with E-state index in [0.717, 1.165) is 0 Å². The van der Waals surface area contributed by atoms with Crippen LogP contribution in [-0.2, 0) is 4.74 Å². The van der Waals surface area contributed by atoms with Crippen LogP contribution in [-0.4, -0.2) is 12.7 Å². The Hall–Kier alpha value is -0.300. The van der Waals surface area contributed by atoms with E-state index >= 15 is 0 Å². The highest BCUT2D eigenvalue weighted by atomic mass is 16.5. The molecule has 1 heteroatoms. The largest absolute Gasteiger partial charge is 0.374 e. The van der Waals surface area contributed by atoms with Gasteiger partial charge in [0.05, 0.1) is 5.60 Å². The van der Waals surface area contributed by atoms with Gasteiger partial charge in [-0.05, 0) is 25.7 Å². The van der Waals surface area contributed by atoms with Gasteiger partial charge in [-0.3, -0.25) is 0 Å². The van der Waals surface area contributed by atoms with E-state index in [1.54, 1.807) is 0 Å². The lowest BCUT2D eigenvalue weighted by molar-refractivity contribution is -0.105. The first kappa shape index (κ1) is 9.26. The van der Waals surface area contributed by atoms with Gasteiger partial charge in [-0.15, -0.1) is 0 Å².